The number of carbonyl (C=O) groups is 4. The maximum absolute atomic E-state index is 12.8. The number of amides is 1. The van der Waals surface area contributed by atoms with Gasteiger partial charge in [-0.15, -0.1) is 0 Å². The van der Waals surface area contributed by atoms with Crippen LogP contribution in [0.4, 0.5) is 4.79 Å². The summed E-state index contributed by atoms with van der Waals surface area (Å²) in [5, 5.41) is 58.8. The zero-order valence-corrected chi connectivity index (χ0v) is 46.1. The first-order chi connectivity index (χ1) is 37.0. The monoisotopic (exact) mass is 1140 g/mol. The summed E-state index contributed by atoms with van der Waals surface area (Å²) in [5.74, 6) is 1.93. The number of aliphatic hydroxyl groups is 3. The van der Waals surface area contributed by atoms with Gasteiger partial charge < -0.3 is 59.6 Å². The number of nitrogens with zero attached hydrogens (tertiary/aromatic N) is 2. The minimum absolute atomic E-state index is 0.00319. The minimum atomic E-state index is -3.67. The van der Waals surface area contributed by atoms with Crippen LogP contribution >= 0.6 is 0 Å². The molecule has 6 heterocycles. The molecule has 3 aromatic carbocycles. The molecule has 8 N–H and O–H groups in total. The molecular formula is C55H67N3O19S2. The number of ether oxygens (including phenoxy) is 4. The number of aryl methyl sites for hydroxylation is 1. The van der Waals surface area contributed by atoms with Crippen LogP contribution < -0.4 is 19.5 Å². The second-order valence-electron chi connectivity index (χ2n) is 23.5. The molecule has 12 atom stereocenters. The fourth-order valence-corrected chi connectivity index (χ4v) is 16.7. The number of likely N-dealkylation sites (tertiary alicyclic amines) is 2. The van der Waals surface area contributed by atoms with Gasteiger partial charge >= 0.3 is 6.09 Å². The topological polar surface area (TPSA) is 334 Å². The van der Waals surface area contributed by atoms with Crippen LogP contribution in [0.25, 0.3) is 0 Å². The third-order valence-electron chi connectivity index (χ3n) is 19.6. The molecule has 6 bridgehead atoms. The third-order valence-corrected chi connectivity index (χ3v) is 19.6. The molecule has 0 aromatic heterocycles. The fourth-order valence-electron chi connectivity index (χ4n) is 16.7. The summed E-state index contributed by atoms with van der Waals surface area (Å²) in [5.41, 5.74) is 1.87. The number of piperidine rings is 3. The van der Waals surface area contributed by atoms with E-state index in [0.29, 0.717) is 101 Å². The number of carbonyl (C=O) groups excluding carboxylic acids is 4. The Balaban J connectivity index is 0.000000116. The molecular weight excluding hydrogens is 1070 g/mol. The Bertz CT molecular complexity index is 3310. The van der Waals surface area contributed by atoms with E-state index in [1.54, 1.807) is 24.0 Å². The summed E-state index contributed by atoms with van der Waals surface area (Å²) in [7, 11) is -5.29. The number of hydrogen-bond donors (Lipinski definition) is 8. The van der Waals surface area contributed by atoms with Crippen molar-refractivity contribution in [2.45, 2.75) is 160 Å². The van der Waals surface area contributed by atoms with Gasteiger partial charge in [-0.05, 0) is 126 Å². The first kappa shape index (κ1) is 55.5. The van der Waals surface area contributed by atoms with Crippen molar-refractivity contribution in [2.75, 3.05) is 45.8 Å². The van der Waals surface area contributed by atoms with Crippen molar-refractivity contribution >= 4 is 43.7 Å². The molecule has 428 valence electrons. The largest absolute Gasteiger partial charge is 0.504 e. The number of likely N-dealkylation sites (N-methyl/N-ethyl adjacent to an activating group) is 1. The van der Waals surface area contributed by atoms with Gasteiger partial charge in [-0.2, -0.15) is 16.8 Å². The van der Waals surface area contributed by atoms with Crippen LogP contribution in [0.5, 0.6) is 28.7 Å². The van der Waals surface area contributed by atoms with Crippen molar-refractivity contribution in [3.8, 4) is 28.7 Å². The highest BCUT2D eigenvalue weighted by atomic mass is 32.2. The lowest BCUT2D eigenvalue weighted by atomic mass is 9.49. The maximum Gasteiger partial charge on any atom is 0.410 e. The lowest BCUT2D eigenvalue weighted by Crippen LogP contribution is -2.77. The zero-order valence-electron chi connectivity index (χ0n) is 44.5. The predicted octanol–water partition coefficient (Wildman–Crippen LogP) is 2.03. The maximum atomic E-state index is 12.8. The molecule has 3 spiro atoms. The fraction of sp³-hybridized carbons (Fsp3) is 0.600. The molecule has 6 aliphatic heterocycles. The van der Waals surface area contributed by atoms with Gasteiger partial charge in [0.25, 0.3) is 20.2 Å². The molecule has 22 nitrogen and oxygen atoms in total. The van der Waals surface area contributed by atoms with Crippen LogP contribution in [0.1, 0.15) is 104 Å². The van der Waals surface area contributed by atoms with Gasteiger partial charge in [-0.1, -0.05) is 24.3 Å². The minimum Gasteiger partial charge on any atom is -0.504 e. The van der Waals surface area contributed by atoms with E-state index < -0.39 is 77.6 Å². The Labute approximate surface area is 456 Å². The van der Waals surface area contributed by atoms with Crippen LogP contribution in [-0.2, 0) is 74.9 Å². The second-order valence-corrected chi connectivity index (χ2v) is 26.4. The van der Waals surface area contributed by atoms with Gasteiger partial charge in [0, 0.05) is 54.6 Å². The van der Waals surface area contributed by atoms with Crippen molar-refractivity contribution in [1.29, 1.82) is 0 Å². The molecule has 3 saturated carbocycles. The average Bonchev–Trinajstić information content (AvgIpc) is 2.05. The number of hydrogen-bond acceptors (Lipinski definition) is 19. The highest BCUT2D eigenvalue weighted by Gasteiger charge is 2.76. The van der Waals surface area contributed by atoms with Crippen molar-refractivity contribution in [3.63, 3.8) is 0 Å². The van der Waals surface area contributed by atoms with Gasteiger partial charge in [-0.25, -0.2) is 4.79 Å². The van der Waals surface area contributed by atoms with E-state index in [2.05, 4.69) is 16.3 Å². The van der Waals surface area contributed by atoms with E-state index in [1.165, 1.54) is 0 Å². The Hall–Kier alpha value is -5.44. The lowest BCUT2D eigenvalue weighted by Gasteiger charge is -2.61. The molecule has 6 fully saturated rings. The quantitative estimate of drug-likeness (QED) is 0.162. The highest BCUT2D eigenvalue weighted by Crippen LogP contribution is 2.67. The molecule has 15 rings (SSSR count). The number of ketones is 3. The second kappa shape index (κ2) is 18.5. The highest BCUT2D eigenvalue weighted by molar-refractivity contribution is 7.85. The number of Topliss-reactive ketones (excluding diaryl/α,β-unsaturated/α-hetero) is 3. The van der Waals surface area contributed by atoms with Gasteiger partial charge in [0.2, 0.25) is 0 Å². The van der Waals surface area contributed by atoms with Gasteiger partial charge in [-0.3, -0.25) is 23.5 Å². The number of phenols is 2. The van der Waals surface area contributed by atoms with Crippen molar-refractivity contribution in [2.24, 2.45) is 0 Å². The lowest BCUT2D eigenvalue weighted by molar-refractivity contribution is -0.185. The molecule has 0 radical (unpaired) electrons. The van der Waals surface area contributed by atoms with E-state index in [9.17, 15) is 61.5 Å². The molecule has 3 saturated heterocycles. The Morgan fingerprint density at radius 3 is 1.57 bits per heavy atom. The van der Waals surface area contributed by atoms with Crippen molar-refractivity contribution in [1.82, 2.24) is 15.1 Å². The first-order valence-corrected chi connectivity index (χ1v) is 30.5. The number of aromatic hydroxyl groups is 2. The van der Waals surface area contributed by atoms with E-state index in [4.69, 9.17) is 28.1 Å². The van der Waals surface area contributed by atoms with E-state index in [1.807, 2.05) is 32.2 Å². The van der Waals surface area contributed by atoms with Crippen molar-refractivity contribution < 1.29 is 89.6 Å². The smallest absolute Gasteiger partial charge is 0.410 e. The molecule has 6 aliphatic carbocycles. The number of rotatable bonds is 1. The SMILES string of the molecule is CCOC(=O)N1CCC23c4c5ccc(C)c4OC2C(=O)CCC3(O)C1C5.CN1CCC23c4c5ccc(O)c4OC2C(=O)CCC3(O)C1C5.CS(=O)(=O)O.CS(=O)(=O)O.O=C1CCC2(O)C3Cc4ccc(O)c5c4C2(CCN3)C1O5. The van der Waals surface area contributed by atoms with E-state index >= 15 is 0 Å². The molecule has 12 unspecified atom stereocenters. The Morgan fingerprint density at radius 2 is 1.05 bits per heavy atom. The summed E-state index contributed by atoms with van der Waals surface area (Å²) in [6.07, 6.45) is 5.25. The molecule has 1 amide bonds. The molecule has 3 aromatic rings. The summed E-state index contributed by atoms with van der Waals surface area (Å²) in [6, 6.07) is 10.7. The van der Waals surface area contributed by atoms with Crippen LogP contribution in [0, 0.1) is 6.92 Å². The summed E-state index contributed by atoms with van der Waals surface area (Å²) in [4.78, 5) is 54.1. The van der Waals surface area contributed by atoms with Crippen LogP contribution in [-0.4, -0.2) is 184 Å². The summed E-state index contributed by atoms with van der Waals surface area (Å²) in [6.45, 7) is 6.11. The van der Waals surface area contributed by atoms with Crippen LogP contribution in [0.3, 0.4) is 0 Å². The summed E-state index contributed by atoms with van der Waals surface area (Å²) >= 11 is 0. The Kier molecular flexibility index (Phi) is 13.0. The molecule has 79 heavy (non-hydrogen) atoms. The van der Waals surface area contributed by atoms with Crippen LogP contribution in [0.2, 0.25) is 0 Å². The first-order valence-electron chi connectivity index (χ1n) is 26.8. The predicted molar refractivity (Wildman–Crippen MR) is 279 cm³/mol. The standard InChI is InChI=1S/C20H23NO5.C17H19NO4.C16H17NO4.2CH4O3S/c1-3-25-18(23)21-9-8-19-15-12-5-4-11(2)16(15)26-17(19)13(22)6-7-20(19,24)14(21)10-12;1-18-7-6-16-13-9-2-3-10(19)14(13)22-15(16)11(20)4-5-17(16,21)12(18)8-9;18-9-2-1-8-7-11-16(20)4-3-10(19)14-15(16,5-6-17-11)12(8)13(9)21-14;2*1-5(2,3)4/h4-5,14,17,24H,3,6-10H2,1-2H3;2-3,12,15,19,21H,4-8H2,1H3;1-2,11,14,17-18,20H,3-7H2;2*1H3,(H,2,3,4). The number of phenolic OH excluding ortho intramolecular Hbond substituents is 2. The van der Waals surface area contributed by atoms with Crippen LogP contribution in [0.15, 0.2) is 36.4 Å². The van der Waals surface area contributed by atoms with Gasteiger partial charge in [0.1, 0.15) is 5.75 Å². The zero-order chi connectivity index (χ0) is 56.9. The van der Waals surface area contributed by atoms with E-state index in [0.717, 1.165) is 64.2 Å². The average molecular weight is 1140 g/mol. The summed E-state index contributed by atoms with van der Waals surface area (Å²) < 4.78 is 75.0. The Morgan fingerprint density at radius 1 is 0.633 bits per heavy atom. The normalized spacial score (nSPS) is 36.4. The number of benzene rings is 3. The van der Waals surface area contributed by atoms with Crippen molar-refractivity contribution in [3.05, 3.63) is 75.3 Å². The van der Waals surface area contributed by atoms with Gasteiger partial charge in [0.15, 0.2) is 58.7 Å². The number of nitrogens with one attached hydrogen (secondary N) is 1. The molecule has 24 heteroatoms. The van der Waals surface area contributed by atoms with Gasteiger partial charge in [0.05, 0.1) is 58.2 Å². The van der Waals surface area contributed by atoms with E-state index in [-0.39, 0.29) is 53.4 Å². The molecule has 12 aliphatic rings. The third kappa shape index (κ3) is 7.85.